The highest BCUT2D eigenvalue weighted by molar-refractivity contribution is 6.00. The molecule has 0 unspecified atom stereocenters. The van der Waals surface area contributed by atoms with Gasteiger partial charge in [0.1, 0.15) is 22.8 Å². The molecule has 0 amide bonds. The van der Waals surface area contributed by atoms with E-state index >= 15 is 0 Å². The lowest BCUT2D eigenvalue weighted by atomic mass is 10.2. The molecule has 0 aliphatic rings. The molecule has 106 valence electrons. The zero-order valence-electron chi connectivity index (χ0n) is 10.9. The number of ether oxygens (including phenoxy) is 1. The first-order chi connectivity index (χ1) is 10.1. The number of rotatable bonds is 3. The number of carbonyl (C=O) groups is 1. The maximum absolute atomic E-state index is 14.0. The van der Waals surface area contributed by atoms with Gasteiger partial charge in [-0.1, -0.05) is 11.3 Å². The Hall–Kier alpha value is -2.96. The minimum atomic E-state index is -1.11. The van der Waals surface area contributed by atoms with Gasteiger partial charge in [0.05, 0.1) is 18.2 Å². The molecule has 7 heteroatoms. The van der Waals surface area contributed by atoms with Crippen LogP contribution in [-0.4, -0.2) is 33.2 Å². The Balaban J connectivity index is 2.27. The zero-order chi connectivity index (χ0) is 15.0. The van der Waals surface area contributed by atoms with Gasteiger partial charge in [0.25, 0.3) is 0 Å². The van der Waals surface area contributed by atoms with Crippen LogP contribution in [0.15, 0.2) is 36.4 Å². The Labute approximate surface area is 118 Å². The predicted octanol–water partition coefficient (Wildman–Crippen LogP) is 2.27. The quantitative estimate of drug-likeness (QED) is 0.799. The van der Waals surface area contributed by atoms with Crippen LogP contribution in [0.1, 0.15) is 10.4 Å². The van der Waals surface area contributed by atoms with Gasteiger partial charge in [-0.3, -0.25) is 0 Å². The third kappa shape index (κ3) is 2.08. The van der Waals surface area contributed by atoms with E-state index < -0.39 is 11.8 Å². The number of carboxylic acids is 1. The van der Waals surface area contributed by atoms with E-state index in [1.54, 1.807) is 12.1 Å². The van der Waals surface area contributed by atoms with Crippen molar-refractivity contribution in [2.24, 2.45) is 0 Å². The largest absolute Gasteiger partial charge is 0.497 e. The second-order valence-electron chi connectivity index (χ2n) is 4.30. The second kappa shape index (κ2) is 4.86. The Bertz CT molecular complexity index is 845. The van der Waals surface area contributed by atoms with Gasteiger partial charge in [0.2, 0.25) is 0 Å². The molecule has 0 fully saturated rings. The van der Waals surface area contributed by atoms with E-state index in [9.17, 15) is 9.18 Å². The van der Waals surface area contributed by atoms with Gasteiger partial charge in [0.15, 0.2) is 0 Å². The van der Waals surface area contributed by atoms with Crippen molar-refractivity contribution < 1.29 is 19.0 Å². The van der Waals surface area contributed by atoms with Gasteiger partial charge < -0.3 is 9.84 Å². The standard InChI is InChI=1S/C14H10FN3O3/c1-21-8-5-6-10(15)12(7-8)18-11-4-2-3-9(14(19)20)13(11)16-17-18/h2-7H,1H3,(H,19,20). The van der Waals surface area contributed by atoms with Gasteiger partial charge in [-0.15, -0.1) is 5.10 Å². The van der Waals surface area contributed by atoms with E-state index in [0.29, 0.717) is 11.3 Å². The van der Waals surface area contributed by atoms with E-state index in [2.05, 4.69) is 10.3 Å². The van der Waals surface area contributed by atoms with E-state index in [1.165, 1.54) is 36.1 Å². The Kier molecular flexibility index (Phi) is 3.02. The average Bonchev–Trinajstić information content (AvgIpc) is 2.91. The van der Waals surface area contributed by atoms with E-state index in [-0.39, 0.29) is 16.8 Å². The van der Waals surface area contributed by atoms with Gasteiger partial charge in [0, 0.05) is 6.07 Å². The van der Waals surface area contributed by atoms with Crippen LogP contribution < -0.4 is 4.74 Å². The second-order valence-corrected chi connectivity index (χ2v) is 4.30. The molecule has 1 heterocycles. The summed E-state index contributed by atoms with van der Waals surface area (Å²) in [4.78, 5) is 11.2. The maximum atomic E-state index is 14.0. The van der Waals surface area contributed by atoms with Crippen LogP contribution in [0.25, 0.3) is 16.7 Å². The summed E-state index contributed by atoms with van der Waals surface area (Å²) < 4.78 is 20.3. The lowest BCUT2D eigenvalue weighted by Crippen LogP contribution is -2.01. The highest BCUT2D eigenvalue weighted by atomic mass is 19.1. The molecular formula is C14H10FN3O3. The number of nitrogens with zero attached hydrogens (tertiary/aromatic N) is 3. The smallest absolute Gasteiger partial charge is 0.338 e. The molecule has 0 bridgehead atoms. The molecule has 0 saturated carbocycles. The van der Waals surface area contributed by atoms with Crippen LogP contribution in [0.3, 0.4) is 0 Å². The van der Waals surface area contributed by atoms with Crippen LogP contribution in [-0.2, 0) is 0 Å². The van der Waals surface area contributed by atoms with Gasteiger partial charge in [-0.2, -0.15) is 0 Å². The van der Waals surface area contributed by atoms with E-state index in [0.717, 1.165) is 0 Å². The normalized spacial score (nSPS) is 10.8. The Morgan fingerprint density at radius 2 is 2.14 bits per heavy atom. The molecule has 3 aromatic rings. The number of benzene rings is 2. The number of hydrogen-bond acceptors (Lipinski definition) is 4. The molecule has 0 aliphatic heterocycles. The summed E-state index contributed by atoms with van der Waals surface area (Å²) in [6.07, 6.45) is 0. The average molecular weight is 287 g/mol. The first-order valence-corrected chi connectivity index (χ1v) is 6.03. The van der Waals surface area contributed by atoms with Crippen molar-refractivity contribution in [1.82, 2.24) is 15.0 Å². The van der Waals surface area contributed by atoms with Gasteiger partial charge in [-0.25, -0.2) is 13.9 Å². The molecule has 0 radical (unpaired) electrons. The van der Waals surface area contributed by atoms with Gasteiger partial charge in [-0.05, 0) is 24.3 Å². The summed E-state index contributed by atoms with van der Waals surface area (Å²) in [5.74, 6) is -1.16. The molecule has 6 nitrogen and oxygen atoms in total. The van der Waals surface area contributed by atoms with Crippen molar-refractivity contribution in [1.29, 1.82) is 0 Å². The SMILES string of the molecule is COc1ccc(F)c(-n2nnc3c(C(=O)O)cccc32)c1. The topological polar surface area (TPSA) is 77.2 Å². The summed E-state index contributed by atoms with van der Waals surface area (Å²) in [5.41, 5.74) is 0.760. The molecule has 0 saturated heterocycles. The first-order valence-electron chi connectivity index (χ1n) is 6.03. The van der Waals surface area contributed by atoms with E-state index in [4.69, 9.17) is 9.84 Å². The van der Waals surface area contributed by atoms with Crippen LogP contribution >= 0.6 is 0 Å². The summed E-state index contributed by atoms with van der Waals surface area (Å²) >= 11 is 0. The molecule has 0 aliphatic carbocycles. The number of hydrogen-bond donors (Lipinski definition) is 1. The fraction of sp³-hybridized carbons (Fsp3) is 0.0714. The number of aromatic carboxylic acids is 1. The highest BCUT2D eigenvalue weighted by Gasteiger charge is 2.16. The monoisotopic (exact) mass is 287 g/mol. The number of aromatic nitrogens is 3. The van der Waals surface area contributed by atoms with E-state index in [1.807, 2.05) is 0 Å². The third-order valence-corrected chi connectivity index (χ3v) is 3.09. The summed E-state index contributed by atoms with van der Waals surface area (Å²) in [6.45, 7) is 0. The summed E-state index contributed by atoms with van der Waals surface area (Å²) in [7, 11) is 1.47. The third-order valence-electron chi connectivity index (χ3n) is 3.09. The minimum absolute atomic E-state index is 0.0158. The predicted molar refractivity (Wildman–Crippen MR) is 72.3 cm³/mol. The summed E-state index contributed by atoms with van der Waals surface area (Å²) in [5, 5.41) is 16.8. The van der Waals surface area contributed by atoms with Crippen LogP contribution in [0.2, 0.25) is 0 Å². The molecule has 0 spiro atoms. The molecule has 1 N–H and O–H groups in total. The van der Waals surface area contributed by atoms with Crippen LogP contribution in [0, 0.1) is 5.82 Å². The fourth-order valence-corrected chi connectivity index (χ4v) is 2.08. The molecule has 21 heavy (non-hydrogen) atoms. The summed E-state index contributed by atoms with van der Waals surface area (Å²) in [6, 6.07) is 8.82. The lowest BCUT2D eigenvalue weighted by Gasteiger charge is -2.06. The number of carboxylic acid groups (broad SMARTS) is 1. The van der Waals surface area contributed by atoms with Crippen LogP contribution in [0.4, 0.5) is 4.39 Å². The Morgan fingerprint density at radius 3 is 2.86 bits per heavy atom. The van der Waals surface area contributed by atoms with Crippen molar-refractivity contribution in [3.63, 3.8) is 0 Å². The van der Waals surface area contributed by atoms with Gasteiger partial charge >= 0.3 is 5.97 Å². The van der Waals surface area contributed by atoms with Crippen molar-refractivity contribution in [2.75, 3.05) is 7.11 Å². The zero-order valence-corrected chi connectivity index (χ0v) is 10.9. The lowest BCUT2D eigenvalue weighted by molar-refractivity contribution is 0.0699. The molecular weight excluding hydrogens is 277 g/mol. The van der Waals surface area contributed by atoms with Crippen molar-refractivity contribution >= 4 is 17.0 Å². The molecule has 0 atom stereocenters. The number of fused-ring (bicyclic) bond motifs is 1. The van der Waals surface area contributed by atoms with Crippen LogP contribution in [0.5, 0.6) is 5.75 Å². The molecule has 2 aromatic carbocycles. The molecule has 3 rings (SSSR count). The van der Waals surface area contributed by atoms with Crippen molar-refractivity contribution in [3.05, 3.63) is 47.8 Å². The van der Waals surface area contributed by atoms with Crippen molar-refractivity contribution in [2.45, 2.75) is 0 Å². The number of methoxy groups -OCH3 is 1. The first kappa shape index (κ1) is 13.0. The Morgan fingerprint density at radius 1 is 1.33 bits per heavy atom. The number of halogens is 1. The van der Waals surface area contributed by atoms with Crippen molar-refractivity contribution in [3.8, 4) is 11.4 Å². The minimum Gasteiger partial charge on any atom is -0.497 e. The fourth-order valence-electron chi connectivity index (χ4n) is 2.08. The highest BCUT2D eigenvalue weighted by Crippen LogP contribution is 2.24. The maximum Gasteiger partial charge on any atom is 0.338 e. The molecule has 1 aromatic heterocycles.